The van der Waals surface area contributed by atoms with Crippen LogP contribution in [-0.2, 0) is 6.42 Å². The van der Waals surface area contributed by atoms with Gasteiger partial charge in [0.05, 0.1) is 11.2 Å². The number of rotatable bonds is 5. The molecular formula is C22H22ClNO3. The molecule has 0 saturated heterocycles. The Kier molecular flexibility index (Phi) is 5.38. The molecule has 0 aliphatic carbocycles. The second-order valence-corrected chi connectivity index (χ2v) is 7.60. The SMILES string of the molecule is CC(C)C(C)c1cccc2c(C(=O)O)c(O)c(Cc3ccc(Cl)cc3)nc12. The molecule has 0 saturated carbocycles. The summed E-state index contributed by atoms with van der Waals surface area (Å²) in [5, 5.41) is 21.4. The lowest BCUT2D eigenvalue weighted by Gasteiger charge is -2.19. The van der Waals surface area contributed by atoms with Gasteiger partial charge in [-0.05, 0) is 35.1 Å². The van der Waals surface area contributed by atoms with E-state index in [1.165, 1.54) is 0 Å². The van der Waals surface area contributed by atoms with Gasteiger partial charge in [0.2, 0.25) is 0 Å². The van der Waals surface area contributed by atoms with Gasteiger partial charge in [0, 0.05) is 16.8 Å². The average Bonchev–Trinajstić information content (AvgIpc) is 2.62. The number of para-hydroxylation sites is 1. The van der Waals surface area contributed by atoms with Crippen LogP contribution in [0.5, 0.6) is 5.75 Å². The number of aromatic carboxylic acids is 1. The van der Waals surface area contributed by atoms with Gasteiger partial charge in [0.15, 0.2) is 5.75 Å². The third kappa shape index (κ3) is 3.76. The second-order valence-electron chi connectivity index (χ2n) is 7.17. The van der Waals surface area contributed by atoms with Crippen molar-refractivity contribution < 1.29 is 15.0 Å². The molecule has 2 aromatic carbocycles. The molecule has 1 aromatic heterocycles. The Morgan fingerprint density at radius 1 is 1.11 bits per heavy atom. The topological polar surface area (TPSA) is 70.4 Å². The molecule has 5 heteroatoms. The van der Waals surface area contributed by atoms with E-state index in [2.05, 4.69) is 20.8 Å². The van der Waals surface area contributed by atoms with E-state index >= 15 is 0 Å². The average molecular weight is 384 g/mol. The molecule has 27 heavy (non-hydrogen) atoms. The van der Waals surface area contributed by atoms with Gasteiger partial charge < -0.3 is 10.2 Å². The molecule has 140 valence electrons. The molecule has 0 aliphatic heterocycles. The Balaban J connectivity index is 2.24. The number of nitrogens with zero attached hydrogens (tertiary/aromatic N) is 1. The van der Waals surface area contributed by atoms with Crippen molar-refractivity contribution in [3.63, 3.8) is 0 Å². The van der Waals surface area contributed by atoms with Crippen molar-refractivity contribution in [3.8, 4) is 5.75 Å². The van der Waals surface area contributed by atoms with Crippen LogP contribution in [-0.4, -0.2) is 21.2 Å². The summed E-state index contributed by atoms with van der Waals surface area (Å²) in [6.07, 6.45) is 0.323. The number of hydrogen-bond donors (Lipinski definition) is 2. The van der Waals surface area contributed by atoms with E-state index in [0.29, 0.717) is 34.0 Å². The summed E-state index contributed by atoms with van der Waals surface area (Å²) in [5.74, 6) is -0.860. The number of hydrogen-bond acceptors (Lipinski definition) is 3. The number of benzene rings is 2. The quantitative estimate of drug-likeness (QED) is 0.597. The molecule has 0 radical (unpaired) electrons. The highest BCUT2D eigenvalue weighted by Gasteiger charge is 2.23. The third-order valence-electron chi connectivity index (χ3n) is 5.08. The molecule has 1 heterocycles. The Bertz CT molecular complexity index is 997. The van der Waals surface area contributed by atoms with Crippen molar-refractivity contribution in [1.82, 2.24) is 4.98 Å². The lowest BCUT2D eigenvalue weighted by atomic mass is 9.87. The smallest absolute Gasteiger partial charge is 0.340 e. The summed E-state index contributed by atoms with van der Waals surface area (Å²) < 4.78 is 0. The van der Waals surface area contributed by atoms with Crippen LogP contribution in [0, 0.1) is 5.92 Å². The molecule has 3 rings (SSSR count). The lowest BCUT2D eigenvalue weighted by Crippen LogP contribution is -2.08. The zero-order valence-corrected chi connectivity index (χ0v) is 16.3. The summed E-state index contributed by atoms with van der Waals surface area (Å²) in [4.78, 5) is 16.6. The number of pyridine rings is 1. The summed E-state index contributed by atoms with van der Waals surface area (Å²) in [7, 11) is 0. The number of aromatic nitrogens is 1. The van der Waals surface area contributed by atoms with Crippen LogP contribution in [0.3, 0.4) is 0 Å². The molecule has 0 bridgehead atoms. The van der Waals surface area contributed by atoms with Crippen LogP contribution in [0.1, 0.15) is 53.9 Å². The molecule has 1 atom stereocenters. The first-order valence-electron chi connectivity index (χ1n) is 8.91. The van der Waals surface area contributed by atoms with Crippen LogP contribution < -0.4 is 0 Å². The monoisotopic (exact) mass is 383 g/mol. The third-order valence-corrected chi connectivity index (χ3v) is 5.33. The van der Waals surface area contributed by atoms with Crippen LogP contribution >= 0.6 is 11.6 Å². The predicted molar refractivity (Wildman–Crippen MR) is 108 cm³/mol. The first-order valence-corrected chi connectivity index (χ1v) is 9.29. The highest BCUT2D eigenvalue weighted by atomic mass is 35.5. The van der Waals surface area contributed by atoms with Crippen molar-refractivity contribution in [1.29, 1.82) is 0 Å². The molecule has 3 aromatic rings. The normalized spacial score (nSPS) is 12.5. The van der Waals surface area contributed by atoms with Crippen molar-refractivity contribution in [3.05, 3.63) is 69.9 Å². The number of carbonyl (C=O) groups is 1. The van der Waals surface area contributed by atoms with E-state index in [1.807, 2.05) is 24.3 Å². The largest absolute Gasteiger partial charge is 0.505 e. The highest BCUT2D eigenvalue weighted by Crippen LogP contribution is 2.36. The maximum Gasteiger partial charge on any atom is 0.340 e. The molecule has 0 fully saturated rings. The summed E-state index contributed by atoms with van der Waals surface area (Å²) in [6.45, 7) is 6.35. The van der Waals surface area contributed by atoms with E-state index in [0.717, 1.165) is 11.1 Å². The Morgan fingerprint density at radius 2 is 1.78 bits per heavy atom. The minimum absolute atomic E-state index is 0.0956. The van der Waals surface area contributed by atoms with Crippen LogP contribution in [0.2, 0.25) is 5.02 Å². The first kappa shape index (κ1) is 19.2. The molecule has 2 N–H and O–H groups in total. The predicted octanol–water partition coefficient (Wildman–Crippen LogP) is 5.64. The van der Waals surface area contributed by atoms with Gasteiger partial charge in [0.1, 0.15) is 5.56 Å². The molecule has 0 amide bonds. The minimum atomic E-state index is -1.16. The molecule has 0 spiro atoms. The second kappa shape index (κ2) is 7.57. The molecule has 1 unspecified atom stereocenters. The highest BCUT2D eigenvalue weighted by molar-refractivity contribution is 6.30. The van der Waals surface area contributed by atoms with Gasteiger partial charge in [-0.2, -0.15) is 0 Å². The van der Waals surface area contributed by atoms with E-state index in [4.69, 9.17) is 16.6 Å². The molecule has 4 nitrogen and oxygen atoms in total. The van der Waals surface area contributed by atoms with Crippen LogP contribution in [0.25, 0.3) is 10.9 Å². The van der Waals surface area contributed by atoms with Gasteiger partial charge in [-0.3, -0.25) is 0 Å². The van der Waals surface area contributed by atoms with E-state index in [9.17, 15) is 15.0 Å². The number of carboxylic acids is 1. The van der Waals surface area contributed by atoms with Crippen LogP contribution in [0.15, 0.2) is 42.5 Å². The number of fused-ring (bicyclic) bond motifs is 1. The number of carboxylic acid groups (broad SMARTS) is 1. The van der Waals surface area contributed by atoms with Crippen LogP contribution in [0.4, 0.5) is 0 Å². The fourth-order valence-corrected chi connectivity index (χ4v) is 3.34. The van der Waals surface area contributed by atoms with Gasteiger partial charge in [-0.1, -0.05) is 62.7 Å². The van der Waals surface area contributed by atoms with Crippen molar-refractivity contribution >= 4 is 28.5 Å². The summed E-state index contributed by atoms with van der Waals surface area (Å²) >= 11 is 5.93. The van der Waals surface area contributed by atoms with Gasteiger partial charge in [-0.25, -0.2) is 9.78 Å². The Morgan fingerprint density at radius 3 is 2.37 bits per heavy atom. The fraction of sp³-hybridized carbons (Fsp3) is 0.273. The zero-order valence-electron chi connectivity index (χ0n) is 15.5. The van der Waals surface area contributed by atoms with Crippen molar-refractivity contribution in [2.24, 2.45) is 5.92 Å². The van der Waals surface area contributed by atoms with Crippen molar-refractivity contribution in [2.75, 3.05) is 0 Å². The van der Waals surface area contributed by atoms with E-state index in [-0.39, 0.29) is 17.2 Å². The van der Waals surface area contributed by atoms with Crippen molar-refractivity contribution in [2.45, 2.75) is 33.1 Å². The van der Waals surface area contributed by atoms with Gasteiger partial charge >= 0.3 is 5.97 Å². The summed E-state index contributed by atoms with van der Waals surface area (Å²) in [5.41, 5.74) is 2.78. The lowest BCUT2D eigenvalue weighted by molar-refractivity contribution is 0.0695. The Labute approximate surface area is 163 Å². The number of halogens is 1. The fourth-order valence-electron chi connectivity index (χ4n) is 3.21. The van der Waals surface area contributed by atoms with E-state index in [1.54, 1.807) is 18.2 Å². The maximum atomic E-state index is 11.9. The summed E-state index contributed by atoms with van der Waals surface area (Å²) in [6, 6.07) is 12.7. The molecular weight excluding hydrogens is 362 g/mol. The van der Waals surface area contributed by atoms with Gasteiger partial charge in [-0.15, -0.1) is 0 Å². The van der Waals surface area contributed by atoms with Gasteiger partial charge in [0.25, 0.3) is 0 Å². The number of aromatic hydroxyl groups is 1. The Hall–Kier alpha value is -2.59. The first-order chi connectivity index (χ1) is 12.8. The standard InChI is InChI=1S/C22H22ClNO3/c1-12(2)13(3)16-5-4-6-17-19(22(26)27)21(25)18(24-20(16)17)11-14-7-9-15(23)10-8-14/h4-10,12-13,25H,11H2,1-3H3,(H,26,27). The maximum absolute atomic E-state index is 11.9. The zero-order chi connectivity index (χ0) is 19.7. The van der Waals surface area contributed by atoms with E-state index < -0.39 is 5.97 Å². The minimum Gasteiger partial charge on any atom is -0.505 e. The molecule has 0 aliphatic rings.